The first kappa shape index (κ1) is 13.8. The first-order chi connectivity index (χ1) is 9.24. The minimum atomic E-state index is 0.369. The number of methoxy groups -OCH3 is 1. The quantitative estimate of drug-likeness (QED) is 0.849. The number of nitrogens with one attached hydrogen (secondary N) is 1. The Morgan fingerprint density at radius 1 is 1.26 bits per heavy atom. The van der Waals surface area contributed by atoms with E-state index < -0.39 is 0 Å². The zero-order chi connectivity index (χ0) is 13.7. The van der Waals surface area contributed by atoms with Gasteiger partial charge in [-0.05, 0) is 19.3 Å². The Hall–Kier alpha value is -1.59. The first-order valence-corrected chi connectivity index (χ1v) is 7.01. The van der Waals surface area contributed by atoms with Gasteiger partial charge in [-0.3, -0.25) is 0 Å². The lowest BCUT2D eigenvalue weighted by Gasteiger charge is -2.24. The summed E-state index contributed by atoms with van der Waals surface area (Å²) in [5, 5.41) is 3.19. The lowest BCUT2D eigenvalue weighted by molar-refractivity contribution is 0.378. The standard InChI is InChI=1S/C13H23N5O/c1-4-9-14-11-15-12(17-13(16-11)19-3)18(2)10-7-5-6-8-10/h10H,4-9H2,1-3H3,(H,14,15,16,17). The van der Waals surface area contributed by atoms with Gasteiger partial charge in [0.05, 0.1) is 7.11 Å². The molecule has 1 aromatic rings. The Kier molecular flexibility index (Phi) is 4.76. The summed E-state index contributed by atoms with van der Waals surface area (Å²) >= 11 is 0. The molecule has 2 rings (SSSR count). The van der Waals surface area contributed by atoms with Crippen LogP contribution in [0.15, 0.2) is 0 Å². The summed E-state index contributed by atoms with van der Waals surface area (Å²) in [6.07, 6.45) is 6.03. The van der Waals surface area contributed by atoms with E-state index in [1.165, 1.54) is 25.7 Å². The molecule has 1 heterocycles. The van der Waals surface area contributed by atoms with Gasteiger partial charge in [0.2, 0.25) is 11.9 Å². The minimum Gasteiger partial charge on any atom is -0.467 e. The molecule has 1 aliphatic rings. The zero-order valence-electron chi connectivity index (χ0n) is 12.0. The van der Waals surface area contributed by atoms with Crippen LogP contribution >= 0.6 is 0 Å². The molecule has 1 aromatic heterocycles. The topological polar surface area (TPSA) is 63.2 Å². The fourth-order valence-electron chi connectivity index (χ4n) is 2.37. The van der Waals surface area contributed by atoms with Crippen LogP contribution in [0.2, 0.25) is 0 Å². The second kappa shape index (κ2) is 6.54. The second-order valence-corrected chi connectivity index (χ2v) is 4.92. The summed E-state index contributed by atoms with van der Waals surface area (Å²) in [7, 11) is 3.63. The van der Waals surface area contributed by atoms with Crippen molar-refractivity contribution in [2.24, 2.45) is 0 Å². The van der Waals surface area contributed by atoms with E-state index in [1.54, 1.807) is 7.11 Å². The monoisotopic (exact) mass is 265 g/mol. The smallest absolute Gasteiger partial charge is 0.322 e. The molecule has 106 valence electrons. The van der Waals surface area contributed by atoms with Crippen molar-refractivity contribution in [2.45, 2.75) is 45.1 Å². The number of rotatable bonds is 6. The van der Waals surface area contributed by atoms with Gasteiger partial charge in [0, 0.05) is 19.6 Å². The molecule has 0 spiro atoms. The van der Waals surface area contributed by atoms with Crippen LogP contribution in [0.3, 0.4) is 0 Å². The molecule has 0 bridgehead atoms. The van der Waals surface area contributed by atoms with E-state index in [0.29, 0.717) is 23.9 Å². The molecule has 0 aromatic carbocycles. The number of nitrogens with zero attached hydrogens (tertiary/aromatic N) is 4. The van der Waals surface area contributed by atoms with Crippen molar-refractivity contribution in [1.29, 1.82) is 0 Å². The maximum absolute atomic E-state index is 5.16. The minimum absolute atomic E-state index is 0.369. The van der Waals surface area contributed by atoms with Crippen molar-refractivity contribution in [3.8, 4) is 6.01 Å². The van der Waals surface area contributed by atoms with Gasteiger partial charge in [-0.1, -0.05) is 19.8 Å². The normalized spacial score (nSPS) is 15.5. The van der Waals surface area contributed by atoms with Crippen molar-refractivity contribution >= 4 is 11.9 Å². The molecule has 0 radical (unpaired) electrons. The molecular weight excluding hydrogens is 242 g/mol. The highest BCUT2D eigenvalue weighted by Crippen LogP contribution is 2.26. The molecule has 0 unspecified atom stereocenters. The van der Waals surface area contributed by atoms with Crippen LogP contribution in [0.1, 0.15) is 39.0 Å². The predicted molar refractivity (Wildman–Crippen MR) is 75.8 cm³/mol. The summed E-state index contributed by atoms with van der Waals surface area (Å²) < 4.78 is 5.16. The Morgan fingerprint density at radius 3 is 2.63 bits per heavy atom. The van der Waals surface area contributed by atoms with Crippen molar-refractivity contribution in [3.63, 3.8) is 0 Å². The van der Waals surface area contributed by atoms with Crippen molar-refractivity contribution < 1.29 is 4.74 Å². The molecule has 1 saturated carbocycles. The van der Waals surface area contributed by atoms with Crippen molar-refractivity contribution in [2.75, 3.05) is 30.9 Å². The largest absolute Gasteiger partial charge is 0.467 e. The third-order valence-electron chi connectivity index (χ3n) is 3.51. The van der Waals surface area contributed by atoms with E-state index in [1.807, 2.05) is 7.05 Å². The Labute approximate surface area is 114 Å². The average Bonchev–Trinajstić information content (AvgIpc) is 2.98. The number of hydrogen-bond acceptors (Lipinski definition) is 6. The van der Waals surface area contributed by atoms with E-state index in [-0.39, 0.29) is 0 Å². The maximum Gasteiger partial charge on any atom is 0.322 e. The molecule has 0 aliphatic heterocycles. The number of anilines is 2. The Balaban J connectivity index is 2.17. The molecule has 0 atom stereocenters. The molecule has 0 saturated heterocycles. The lowest BCUT2D eigenvalue weighted by atomic mass is 10.2. The lowest BCUT2D eigenvalue weighted by Crippen LogP contribution is -2.31. The summed E-state index contributed by atoms with van der Waals surface area (Å²) in [6, 6.07) is 0.902. The summed E-state index contributed by atoms with van der Waals surface area (Å²) in [6.45, 7) is 2.96. The van der Waals surface area contributed by atoms with Gasteiger partial charge in [0.15, 0.2) is 0 Å². The SMILES string of the molecule is CCCNc1nc(OC)nc(N(C)C2CCCC2)n1. The molecule has 1 aliphatic carbocycles. The van der Waals surface area contributed by atoms with E-state index in [4.69, 9.17) is 4.74 Å². The van der Waals surface area contributed by atoms with Gasteiger partial charge < -0.3 is 15.0 Å². The zero-order valence-corrected chi connectivity index (χ0v) is 12.0. The highest BCUT2D eigenvalue weighted by molar-refractivity contribution is 5.38. The van der Waals surface area contributed by atoms with Crippen LogP contribution in [-0.4, -0.2) is 41.7 Å². The molecular formula is C13H23N5O. The van der Waals surface area contributed by atoms with Crippen molar-refractivity contribution in [1.82, 2.24) is 15.0 Å². The number of ether oxygens (including phenoxy) is 1. The summed E-state index contributed by atoms with van der Waals surface area (Å²) in [4.78, 5) is 15.2. The highest BCUT2D eigenvalue weighted by Gasteiger charge is 2.22. The molecule has 1 N–H and O–H groups in total. The van der Waals surface area contributed by atoms with Crippen molar-refractivity contribution in [3.05, 3.63) is 0 Å². The molecule has 0 amide bonds. The second-order valence-electron chi connectivity index (χ2n) is 4.92. The van der Waals surface area contributed by atoms with Crippen LogP contribution < -0.4 is 15.0 Å². The van der Waals surface area contributed by atoms with Crippen LogP contribution in [0.25, 0.3) is 0 Å². The Bertz CT molecular complexity index is 406. The van der Waals surface area contributed by atoms with E-state index in [2.05, 4.69) is 32.1 Å². The van der Waals surface area contributed by atoms with Gasteiger partial charge in [-0.15, -0.1) is 0 Å². The maximum atomic E-state index is 5.16. The van der Waals surface area contributed by atoms with E-state index >= 15 is 0 Å². The molecule has 6 nitrogen and oxygen atoms in total. The highest BCUT2D eigenvalue weighted by atomic mass is 16.5. The molecule has 6 heteroatoms. The fraction of sp³-hybridized carbons (Fsp3) is 0.769. The third kappa shape index (κ3) is 3.45. The van der Waals surface area contributed by atoms with Crippen LogP contribution in [-0.2, 0) is 0 Å². The molecule has 19 heavy (non-hydrogen) atoms. The van der Waals surface area contributed by atoms with Gasteiger partial charge in [0.25, 0.3) is 0 Å². The van der Waals surface area contributed by atoms with Crippen LogP contribution in [0.5, 0.6) is 6.01 Å². The van der Waals surface area contributed by atoms with Crippen LogP contribution in [0, 0.1) is 0 Å². The Morgan fingerprint density at radius 2 is 2.00 bits per heavy atom. The fourth-order valence-corrected chi connectivity index (χ4v) is 2.37. The number of aromatic nitrogens is 3. The predicted octanol–water partition coefficient (Wildman–Crippen LogP) is 2.08. The average molecular weight is 265 g/mol. The summed E-state index contributed by atoms with van der Waals surface area (Å²) in [5.74, 6) is 1.28. The first-order valence-electron chi connectivity index (χ1n) is 7.01. The molecule has 1 fully saturated rings. The van der Waals surface area contributed by atoms with Gasteiger partial charge in [-0.25, -0.2) is 0 Å². The van der Waals surface area contributed by atoms with Crippen LogP contribution in [0.4, 0.5) is 11.9 Å². The third-order valence-corrected chi connectivity index (χ3v) is 3.51. The number of hydrogen-bond donors (Lipinski definition) is 1. The van der Waals surface area contributed by atoms with E-state index in [0.717, 1.165) is 13.0 Å². The van der Waals surface area contributed by atoms with Gasteiger partial charge in [0.1, 0.15) is 0 Å². The van der Waals surface area contributed by atoms with Gasteiger partial charge in [-0.2, -0.15) is 15.0 Å². The summed E-state index contributed by atoms with van der Waals surface area (Å²) in [5.41, 5.74) is 0. The van der Waals surface area contributed by atoms with E-state index in [9.17, 15) is 0 Å². The van der Waals surface area contributed by atoms with Gasteiger partial charge >= 0.3 is 6.01 Å².